The Hall–Kier alpha value is -2.82. The molecule has 2 amide bonds. The van der Waals surface area contributed by atoms with Crippen molar-refractivity contribution in [2.75, 3.05) is 53.7 Å². The van der Waals surface area contributed by atoms with E-state index in [0.717, 1.165) is 12.8 Å². The van der Waals surface area contributed by atoms with Crippen LogP contribution in [0, 0.1) is 10.1 Å². The molecule has 0 spiro atoms. The molecule has 1 aromatic carbocycles. The van der Waals surface area contributed by atoms with E-state index in [1.165, 1.54) is 29.2 Å². The third kappa shape index (κ3) is 5.09. The highest BCUT2D eigenvalue weighted by atomic mass is 16.6. The fourth-order valence-electron chi connectivity index (χ4n) is 3.76. The average molecular weight is 433 g/mol. The van der Waals surface area contributed by atoms with E-state index in [-0.39, 0.29) is 29.6 Å². The van der Waals surface area contributed by atoms with Gasteiger partial charge in [-0.05, 0) is 30.5 Å². The van der Waals surface area contributed by atoms with E-state index in [1.807, 2.05) is 0 Å². The molecule has 168 valence electrons. The number of rotatable bonds is 11. The second kappa shape index (κ2) is 10.5. The summed E-state index contributed by atoms with van der Waals surface area (Å²) in [5, 5.41) is 11.0. The zero-order chi connectivity index (χ0) is 22.4. The molecule has 10 nitrogen and oxygen atoms in total. The summed E-state index contributed by atoms with van der Waals surface area (Å²) in [5.41, 5.74) is 0.846. The molecule has 1 atom stereocenters. The molecule has 0 aliphatic carbocycles. The smallest absolute Gasteiger partial charge is 0.277 e. The van der Waals surface area contributed by atoms with E-state index in [2.05, 4.69) is 0 Å². The number of nitro groups is 1. The molecule has 1 unspecified atom stereocenters. The number of methoxy groups -OCH3 is 2. The van der Waals surface area contributed by atoms with Crippen LogP contribution in [0.15, 0.2) is 30.0 Å². The Morgan fingerprint density at radius 2 is 1.77 bits per heavy atom. The van der Waals surface area contributed by atoms with Gasteiger partial charge in [-0.1, -0.05) is 0 Å². The maximum absolute atomic E-state index is 13.4. The second-order valence-electron chi connectivity index (χ2n) is 7.36. The van der Waals surface area contributed by atoms with Crippen LogP contribution in [-0.4, -0.2) is 86.3 Å². The third-order valence-electron chi connectivity index (χ3n) is 5.37. The first-order valence-electron chi connectivity index (χ1n) is 10.2. The van der Waals surface area contributed by atoms with Crippen molar-refractivity contribution >= 4 is 23.1 Å². The Kier molecular flexibility index (Phi) is 7.72. The van der Waals surface area contributed by atoms with Gasteiger partial charge in [-0.25, -0.2) is 0 Å². The first kappa shape index (κ1) is 22.9. The first-order chi connectivity index (χ1) is 15.0. The van der Waals surface area contributed by atoms with Crippen LogP contribution < -0.4 is 0 Å². The fraction of sp³-hybridized carbons (Fsp3) is 0.524. The topological polar surface area (TPSA) is 111 Å². The maximum Gasteiger partial charge on any atom is 0.277 e. The van der Waals surface area contributed by atoms with Gasteiger partial charge in [-0.15, -0.1) is 0 Å². The van der Waals surface area contributed by atoms with Crippen molar-refractivity contribution in [3.05, 3.63) is 45.6 Å². The fourth-order valence-corrected chi connectivity index (χ4v) is 3.76. The summed E-state index contributed by atoms with van der Waals surface area (Å²) in [6.07, 6.45) is 1.50. The summed E-state index contributed by atoms with van der Waals surface area (Å²) in [4.78, 5) is 40.3. The molecule has 10 heteroatoms. The Morgan fingerprint density at radius 1 is 1.13 bits per heavy atom. The van der Waals surface area contributed by atoms with Crippen molar-refractivity contribution in [1.29, 1.82) is 0 Å². The summed E-state index contributed by atoms with van der Waals surface area (Å²) < 4.78 is 16.0. The molecule has 1 aromatic rings. The van der Waals surface area contributed by atoms with Crippen LogP contribution in [-0.2, 0) is 23.8 Å². The average Bonchev–Trinajstić information content (AvgIpc) is 3.36. The maximum atomic E-state index is 13.4. The molecule has 2 aliphatic rings. The number of hydrogen-bond donors (Lipinski definition) is 0. The number of carbonyl (C=O) groups is 2. The number of amides is 2. The van der Waals surface area contributed by atoms with Gasteiger partial charge in [-0.3, -0.25) is 24.6 Å². The van der Waals surface area contributed by atoms with Gasteiger partial charge in [0.25, 0.3) is 17.5 Å². The summed E-state index contributed by atoms with van der Waals surface area (Å²) in [5.74, 6) is -0.828. The predicted molar refractivity (Wildman–Crippen MR) is 111 cm³/mol. The van der Waals surface area contributed by atoms with Crippen LogP contribution in [0.1, 0.15) is 18.4 Å². The van der Waals surface area contributed by atoms with Gasteiger partial charge in [0.2, 0.25) is 0 Å². The van der Waals surface area contributed by atoms with Gasteiger partial charge in [0.15, 0.2) is 0 Å². The molecule has 0 aromatic heterocycles. The zero-order valence-electron chi connectivity index (χ0n) is 17.7. The normalized spacial score (nSPS) is 18.9. The molecular weight excluding hydrogens is 406 g/mol. The Balaban J connectivity index is 2.00. The predicted octanol–water partition coefficient (Wildman–Crippen LogP) is 1.45. The quantitative estimate of drug-likeness (QED) is 0.293. The minimum atomic E-state index is -0.506. The summed E-state index contributed by atoms with van der Waals surface area (Å²) in [7, 11) is 3.12. The van der Waals surface area contributed by atoms with Crippen molar-refractivity contribution in [2.24, 2.45) is 0 Å². The molecule has 0 saturated carbocycles. The lowest BCUT2D eigenvalue weighted by Gasteiger charge is -2.26. The minimum absolute atomic E-state index is 0.0884. The highest BCUT2D eigenvalue weighted by molar-refractivity contribution is 6.35. The van der Waals surface area contributed by atoms with Gasteiger partial charge in [0, 0.05) is 46.0 Å². The first-order valence-corrected chi connectivity index (χ1v) is 10.2. The van der Waals surface area contributed by atoms with E-state index >= 15 is 0 Å². The van der Waals surface area contributed by atoms with Gasteiger partial charge < -0.3 is 19.1 Å². The van der Waals surface area contributed by atoms with E-state index < -0.39 is 16.7 Å². The van der Waals surface area contributed by atoms with Crippen LogP contribution in [0.5, 0.6) is 0 Å². The van der Waals surface area contributed by atoms with Gasteiger partial charge in [0.1, 0.15) is 5.70 Å². The third-order valence-corrected chi connectivity index (χ3v) is 5.37. The van der Waals surface area contributed by atoms with Crippen LogP contribution in [0.25, 0.3) is 5.57 Å². The van der Waals surface area contributed by atoms with Gasteiger partial charge >= 0.3 is 0 Å². The number of nitrogens with zero attached hydrogens (tertiary/aromatic N) is 3. The van der Waals surface area contributed by atoms with Crippen molar-refractivity contribution in [1.82, 2.24) is 9.80 Å². The van der Waals surface area contributed by atoms with Crippen molar-refractivity contribution in [3.8, 4) is 0 Å². The molecule has 0 N–H and O–H groups in total. The van der Waals surface area contributed by atoms with Crippen LogP contribution in [0.3, 0.4) is 0 Å². The second-order valence-corrected chi connectivity index (χ2v) is 7.36. The summed E-state index contributed by atoms with van der Waals surface area (Å²) >= 11 is 0. The van der Waals surface area contributed by atoms with Crippen molar-refractivity contribution in [2.45, 2.75) is 18.9 Å². The SMILES string of the molecule is COCCN(CCOC)C1=C(c2ccc([N+](=O)[O-])cc2)C(=O)N(CC2CCCO2)C1=O. The lowest BCUT2D eigenvalue weighted by molar-refractivity contribution is -0.384. The Morgan fingerprint density at radius 3 is 2.29 bits per heavy atom. The molecule has 0 radical (unpaired) electrons. The van der Waals surface area contributed by atoms with Crippen molar-refractivity contribution in [3.63, 3.8) is 0 Å². The van der Waals surface area contributed by atoms with E-state index in [9.17, 15) is 19.7 Å². The molecule has 2 aliphatic heterocycles. The van der Waals surface area contributed by atoms with Gasteiger partial charge in [-0.2, -0.15) is 0 Å². The minimum Gasteiger partial charge on any atom is -0.383 e. The number of imide groups is 1. The molecule has 31 heavy (non-hydrogen) atoms. The number of ether oxygens (including phenoxy) is 3. The zero-order valence-corrected chi connectivity index (χ0v) is 17.7. The number of carbonyl (C=O) groups excluding carboxylic acids is 2. The Bertz CT molecular complexity index is 839. The molecular formula is C21H27N3O7. The number of hydrogen-bond acceptors (Lipinski definition) is 8. The van der Waals surface area contributed by atoms with E-state index in [4.69, 9.17) is 14.2 Å². The number of non-ortho nitro benzene ring substituents is 1. The highest BCUT2D eigenvalue weighted by Crippen LogP contribution is 2.33. The van der Waals surface area contributed by atoms with Gasteiger partial charge in [0.05, 0.1) is 36.4 Å². The molecule has 1 fully saturated rings. The Labute approximate surface area is 180 Å². The molecule has 1 saturated heterocycles. The highest BCUT2D eigenvalue weighted by Gasteiger charge is 2.42. The van der Waals surface area contributed by atoms with E-state index in [1.54, 1.807) is 19.1 Å². The molecule has 0 bridgehead atoms. The summed E-state index contributed by atoms with van der Waals surface area (Å²) in [6.45, 7) is 2.28. The molecule has 3 rings (SSSR count). The monoisotopic (exact) mass is 433 g/mol. The van der Waals surface area contributed by atoms with Crippen LogP contribution >= 0.6 is 0 Å². The standard InChI is InChI=1S/C21H27N3O7/c1-29-12-9-22(10-13-30-2)19-18(15-5-7-16(8-6-15)24(27)28)20(25)23(21(19)26)14-17-4-3-11-31-17/h5-8,17H,3-4,9-14H2,1-2H3. The summed E-state index contributed by atoms with van der Waals surface area (Å²) in [6, 6.07) is 5.66. The lowest BCUT2D eigenvalue weighted by atomic mass is 10.0. The lowest BCUT2D eigenvalue weighted by Crippen LogP contribution is -2.41. The number of nitro benzene ring substituents is 1. The van der Waals surface area contributed by atoms with E-state index in [0.29, 0.717) is 38.5 Å². The van der Waals surface area contributed by atoms with Crippen molar-refractivity contribution < 1.29 is 28.7 Å². The number of benzene rings is 1. The van der Waals surface area contributed by atoms with Crippen LogP contribution in [0.4, 0.5) is 5.69 Å². The largest absolute Gasteiger partial charge is 0.383 e. The molecule has 2 heterocycles. The van der Waals surface area contributed by atoms with Crippen LogP contribution in [0.2, 0.25) is 0 Å².